The Hall–Kier alpha value is -3.64. The summed E-state index contributed by atoms with van der Waals surface area (Å²) >= 11 is 1.55. The number of rotatable bonds is 7. The van der Waals surface area contributed by atoms with Crippen molar-refractivity contribution < 1.29 is 28.1 Å². The maximum atomic E-state index is 13.9. The quantitative estimate of drug-likeness (QED) is 0.263. The summed E-state index contributed by atoms with van der Waals surface area (Å²) in [5, 5.41) is 7.38. The van der Waals surface area contributed by atoms with E-state index in [4.69, 9.17) is 19.4 Å². The molecule has 1 N–H and O–H groups in total. The Labute approximate surface area is 313 Å². The van der Waals surface area contributed by atoms with Gasteiger partial charge in [0.1, 0.15) is 33.8 Å². The molecular formula is C40H52N4O6S2. The summed E-state index contributed by atoms with van der Waals surface area (Å²) in [7, 11) is 2.96. The SMILES string of the molecule is COc1ccc2c(O[C@@H]3CC4C(=O)N[C@]5(C(C)=O)C[C@H]5/C=C\CCCCN(C)C(=O)[C@@H]4C3)cc(-c3nc(C(C)C)cs3)nc2c1C.CS(=O)C1CC1. The standard InChI is InChI=1S/C36H44N4O5S.C4H8OS/c1-20(2)29-19-46-34(38-29)28-17-31(25-12-13-30(44-6)21(3)32(25)37-28)45-24-15-26-27(16-24)35(43)40(5)14-10-8-7-9-11-23-18-36(23,22(4)41)39-33(26)42;1-6(5)4-2-3-4/h9,11-13,17,19-20,23-24,26-27H,7-8,10,14-16,18H2,1-6H3,(H,39,42);4H,2-3H2,1H3/b11-9-;/t23-,24-,26?,27-,36+;/m1./s1. The van der Waals surface area contributed by atoms with Gasteiger partial charge >= 0.3 is 0 Å². The number of carbonyl (C=O) groups is 3. The van der Waals surface area contributed by atoms with E-state index in [0.29, 0.717) is 48.4 Å². The minimum Gasteiger partial charge on any atom is -0.496 e. The van der Waals surface area contributed by atoms with Crippen LogP contribution in [0.4, 0.5) is 0 Å². The summed E-state index contributed by atoms with van der Waals surface area (Å²) in [5.74, 6) is 0.161. The Morgan fingerprint density at radius 3 is 2.50 bits per heavy atom. The van der Waals surface area contributed by atoms with Gasteiger partial charge in [-0.25, -0.2) is 9.97 Å². The van der Waals surface area contributed by atoms with Crippen molar-refractivity contribution in [1.82, 2.24) is 20.2 Å². The van der Waals surface area contributed by atoms with Crippen molar-refractivity contribution in [3.63, 3.8) is 0 Å². The lowest BCUT2D eigenvalue weighted by molar-refractivity contribution is -0.140. The highest BCUT2D eigenvalue weighted by atomic mass is 32.2. The first-order valence-corrected chi connectivity index (χ1v) is 21.0. The van der Waals surface area contributed by atoms with Crippen LogP contribution in [0.1, 0.15) is 89.3 Å². The van der Waals surface area contributed by atoms with Gasteiger partial charge < -0.3 is 19.7 Å². The third kappa shape index (κ3) is 8.12. The predicted molar refractivity (Wildman–Crippen MR) is 206 cm³/mol. The minimum absolute atomic E-state index is 0.00827. The van der Waals surface area contributed by atoms with E-state index in [1.165, 1.54) is 12.8 Å². The van der Waals surface area contributed by atoms with Crippen LogP contribution in [-0.2, 0) is 25.2 Å². The molecule has 10 nitrogen and oxygen atoms in total. The Kier molecular flexibility index (Phi) is 11.5. The van der Waals surface area contributed by atoms with E-state index in [1.807, 2.05) is 32.2 Å². The smallest absolute Gasteiger partial charge is 0.226 e. The molecule has 6 atom stereocenters. The Morgan fingerprint density at radius 2 is 1.87 bits per heavy atom. The van der Waals surface area contributed by atoms with E-state index in [9.17, 15) is 18.6 Å². The number of nitrogens with zero attached hydrogens (tertiary/aromatic N) is 3. The second-order valence-corrected chi connectivity index (χ2v) is 17.7. The highest BCUT2D eigenvalue weighted by Crippen LogP contribution is 2.47. The highest BCUT2D eigenvalue weighted by molar-refractivity contribution is 7.85. The summed E-state index contributed by atoms with van der Waals surface area (Å²) < 4.78 is 22.7. The number of carbonyl (C=O) groups excluding carboxylic acids is 3. The summed E-state index contributed by atoms with van der Waals surface area (Å²) in [6.45, 7) is 8.39. The number of allylic oxidation sites excluding steroid dienone is 1. The zero-order valence-electron chi connectivity index (χ0n) is 31.4. The number of benzene rings is 1. The fourth-order valence-electron chi connectivity index (χ4n) is 7.44. The number of Topliss-reactive ketones (excluding diaryl/α,β-unsaturated/α-hetero) is 1. The molecule has 3 fully saturated rings. The molecule has 2 amide bonds. The molecule has 0 saturated heterocycles. The van der Waals surface area contributed by atoms with Gasteiger partial charge in [-0.15, -0.1) is 11.3 Å². The first-order valence-electron chi connectivity index (χ1n) is 18.5. The van der Waals surface area contributed by atoms with Crippen LogP contribution in [-0.4, -0.2) is 80.5 Å². The molecule has 0 radical (unpaired) electrons. The van der Waals surface area contributed by atoms with Gasteiger partial charge in [-0.2, -0.15) is 0 Å². The number of fused-ring (bicyclic) bond motifs is 3. The molecule has 0 spiro atoms. The number of pyridine rings is 1. The van der Waals surface area contributed by atoms with Crippen molar-refractivity contribution in [2.75, 3.05) is 27.0 Å². The molecule has 4 aliphatic rings. The van der Waals surface area contributed by atoms with Gasteiger partial charge in [0.25, 0.3) is 0 Å². The lowest BCUT2D eigenvalue weighted by Gasteiger charge is -2.26. The van der Waals surface area contributed by atoms with Crippen molar-refractivity contribution in [2.45, 2.75) is 102 Å². The Balaban J connectivity index is 0.000000703. The van der Waals surface area contributed by atoms with Crippen molar-refractivity contribution in [3.8, 4) is 22.2 Å². The van der Waals surface area contributed by atoms with Crippen LogP contribution in [0, 0.1) is 24.7 Å². The van der Waals surface area contributed by atoms with Crippen LogP contribution in [0.5, 0.6) is 11.5 Å². The minimum atomic E-state index is -0.883. The van der Waals surface area contributed by atoms with Gasteiger partial charge in [-0.05, 0) is 83.3 Å². The average molecular weight is 749 g/mol. The summed E-state index contributed by atoms with van der Waals surface area (Å²) in [6, 6.07) is 5.78. The molecule has 280 valence electrons. The van der Waals surface area contributed by atoms with Gasteiger partial charge in [0, 0.05) is 64.2 Å². The van der Waals surface area contributed by atoms with E-state index in [1.54, 1.807) is 36.5 Å². The molecule has 12 heteroatoms. The fraction of sp³-hybridized carbons (Fsp3) is 0.575. The summed E-state index contributed by atoms with van der Waals surface area (Å²) in [6.07, 6.45) is 12.1. The topological polar surface area (TPSA) is 128 Å². The number of methoxy groups -OCH3 is 1. The van der Waals surface area contributed by atoms with Crippen LogP contribution < -0.4 is 14.8 Å². The number of aromatic nitrogens is 2. The number of ether oxygens (including phenoxy) is 2. The Bertz CT molecular complexity index is 1890. The third-order valence-corrected chi connectivity index (χ3v) is 13.3. The van der Waals surface area contributed by atoms with E-state index in [2.05, 4.69) is 36.7 Å². The van der Waals surface area contributed by atoms with Gasteiger partial charge in [-0.3, -0.25) is 18.6 Å². The highest BCUT2D eigenvalue weighted by Gasteiger charge is 2.59. The Morgan fingerprint density at radius 1 is 1.12 bits per heavy atom. The number of ketones is 1. The van der Waals surface area contributed by atoms with E-state index in [0.717, 1.165) is 52.2 Å². The number of amides is 2. The van der Waals surface area contributed by atoms with E-state index in [-0.39, 0.29) is 29.6 Å². The molecule has 3 saturated carbocycles. The van der Waals surface area contributed by atoms with Crippen molar-refractivity contribution in [2.24, 2.45) is 17.8 Å². The summed E-state index contributed by atoms with van der Waals surface area (Å²) in [4.78, 5) is 52.2. The molecule has 1 aliphatic heterocycles. The largest absolute Gasteiger partial charge is 0.496 e. The molecule has 1 aromatic carbocycles. The second-order valence-electron chi connectivity index (χ2n) is 15.2. The average Bonchev–Trinajstić information content (AvgIpc) is 3.98. The molecule has 2 unspecified atom stereocenters. The molecule has 0 bridgehead atoms. The van der Waals surface area contributed by atoms with Gasteiger partial charge in [0.2, 0.25) is 11.8 Å². The first-order chi connectivity index (χ1) is 24.8. The van der Waals surface area contributed by atoms with Gasteiger partial charge in [0.05, 0.1) is 30.2 Å². The van der Waals surface area contributed by atoms with Gasteiger partial charge in [-0.1, -0.05) is 26.0 Å². The lowest BCUT2D eigenvalue weighted by Crippen LogP contribution is -2.48. The molecule has 3 heterocycles. The van der Waals surface area contributed by atoms with Crippen LogP contribution in [0.25, 0.3) is 21.6 Å². The first kappa shape index (κ1) is 38.1. The third-order valence-electron chi connectivity index (χ3n) is 11.0. The van der Waals surface area contributed by atoms with Crippen molar-refractivity contribution in [3.05, 3.63) is 47.0 Å². The van der Waals surface area contributed by atoms with Crippen LogP contribution in [0.3, 0.4) is 0 Å². The van der Waals surface area contributed by atoms with Crippen LogP contribution in [0.15, 0.2) is 35.7 Å². The van der Waals surface area contributed by atoms with E-state index >= 15 is 0 Å². The molecular weight excluding hydrogens is 697 g/mol. The summed E-state index contributed by atoms with van der Waals surface area (Å²) in [5.41, 5.74) is 2.48. The zero-order valence-corrected chi connectivity index (χ0v) is 33.0. The number of hydrogen-bond donors (Lipinski definition) is 1. The lowest BCUT2D eigenvalue weighted by atomic mass is 9.92. The van der Waals surface area contributed by atoms with Crippen molar-refractivity contribution in [1.29, 1.82) is 0 Å². The predicted octanol–water partition coefficient (Wildman–Crippen LogP) is 6.76. The van der Waals surface area contributed by atoms with Gasteiger partial charge in [0.15, 0.2) is 5.78 Å². The molecule has 52 heavy (non-hydrogen) atoms. The normalized spacial score (nSPS) is 27.4. The number of nitrogens with one attached hydrogen (secondary N) is 1. The molecule has 3 aliphatic carbocycles. The maximum Gasteiger partial charge on any atom is 0.226 e. The molecule has 7 rings (SSSR count). The second kappa shape index (κ2) is 15.8. The molecule has 3 aromatic rings. The zero-order chi connectivity index (χ0) is 37.3. The number of hydrogen-bond acceptors (Lipinski definition) is 9. The maximum absolute atomic E-state index is 13.9. The van der Waals surface area contributed by atoms with E-state index < -0.39 is 28.2 Å². The van der Waals surface area contributed by atoms with Crippen LogP contribution >= 0.6 is 11.3 Å². The number of aryl methyl sites for hydroxylation is 1. The fourth-order valence-corrected chi connectivity index (χ4v) is 9.18. The monoisotopic (exact) mass is 748 g/mol. The van der Waals surface area contributed by atoms with Crippen LogP contribution in [0.2, 0.25) is 0 Å². The molecule has 2 aromatic heterocycles. The number of thiazole rings is 1. The van der Waals surface area contributed by atoms with Crippen molar-refractivity contribution >= 4 is 50.6 Å².